The molecule has 1 aromatic carbocycles. The van der Waals surface area contributed by atoms with E-state index in [1.807, 2.05) is 17.7 Å². The second kappa shape index (κ2) is 7.50. The van der Waals surface area contributed by atoms with Crippen molar-refractivity contribution in [3.05, 3.63) is 23.2 Å². The summed E-state index contributed by atoms with van der Waals surface area (Å²) in [6.45, 7) is 0.672. The molecule has 0 bridgehead atoms. The van der Waals surface area contributed by atoms with Crippen molar-refractivity contribution < 1.29 is 9.59 Å². The van der Waals surface area contributed by atoms with E-state index in [1.54, 1.807) is 17.0 Å². The maximum atomic E-state index is 12.9. The van der Waals surface area contributed by atoms with Crippen LogP contribution in [0.1, 0.15) is 44.9 Å². The number of anilines is 1. The maximum Gasteiger partial charge on any atom is 0.249 e. The average molecular weight is 389 g/mol. The van der Waals surface area contributed by atoms with Crippen LogP contribution < -0.4 is 5.32 Å². The van der Waals surface area contributed by atoms with Crippen molar-refractivity contribution in [3.63, 3.8) is 0 Å². The van der Waals surface area contributed by atoms with Gasteiger partial charge in [-0.25, -0.2) is 4.98 Å². The normalized spacial score (nSPS) is 21.0. The summed E-state index contributed by atoms with van der Waals surface area (Å²) in [7, 11) is 1.86. The highest BCUT2D eigenvalue weighted by atomic mass is 35.5. The van der Waals surface area contributed by atoms with Gasteiger partial charge < -0.3 is 9.47 Å². The van der Waals surface area contributed by atoms with E-state index in [9.17, 15) is 9.59 Å². The van der Waals surface area contributed by atoms with Gasteiger partial charge in [0.15, 0.2) is 0 Å². The largest absolute Gasteiger partial charge is 0.330 e. The number of fused-ring (bicyclic) bond motifs is 1. The molecule has 1 aliphatic carbocycles. The zero-order valence-electron chi connectivity index (χ0n) is 15.6. The smallest absolute Gasteiger partial charge is 0.249 e. The molecule has 0 spiro atoms. The first kappa shape index (κ1) is 18.3. The lowest BCUT2D eigenvalue weighted by atomic mass is 9.88. The Morgan fingerprint density at radius 3 is 2.70 bits per heavy atom. The predicted molar refractivity (Wildman–Crippen MR) is 106 cm³/mol. The molecule has 6 nitrogen and oxygen atoms in total. The zero-order valence-corrected chi connectivity index (χ0v) is 16.3. The second-order valence-electron chi connectivity index (χ2n) is 7.64. The third kappa shape index (κ3) is 3.55. The molecule has 2 heterocycles. The fourth-order valence-corrected chi connectivity index (χ4v) is 4.53. The summed E-state index contributed by atoms with van der Waals surface area (Å²) in [5, 5.41) is 3.53. The summed E-state index contributed by atoms with van der Waals surface area (Å²) in [6, 6.07) is 5.07. The molecule has 1 unspecified atom stereocenters. The van der Waals surface area contributed by atoms with Crippen LogP contribution in [0.2, 0.25) is 5.02 Å². The SMILES string of the molecule is Cn1c(NC(=O)C2CCCN2C(=O)C2CCCCC2)nc2cc(Cl)ccc21. The van der Waals surface area contributed by atoms with Crippen molar-refractivity contribution in [2.75, 3.05) is 11.9 Å². The molecule has 2 fully saturated rings. The molecule has 1 atom stereocenters. The molecule has 1 aliphatic heterocycles. The predicted octanol–water partition coefficient (Wildman–Crippen LogP) is 3.74. The van der Waals surface area contributed by atoms with Crippen LogP contribution in [0, 0.1) is 5.92 Å². The molecular formula is C20H25ClN4O2. The summed E-state index contributed by atoms with van der Waals surface area (Å²) >= 11 is 6.04. The summed E-state index contributed by atoms with van der Waals surface area (Å²) < 4.78 is 1.84. The number of amides is 2. The van der Waals surface area contributed by atoms with Crippen molar-refractivity contribution in [1.29, 1.82) is 0 Å². The fraction of sp³-hybridized carbons (Fsp3) is 0.550. The lowest BCUT2D eigenvalue weighted by Gasteiger charge is -2.29. The Hall–Kier alpha value is -2.08. The van der Waals surface area contributed by atoms with Gasteiger partial charge in [-0.15, -0.1) is 0 Å². The van der Waals surface area contributed by atoms with Gasteiger partial charge in [0.2, 0.25) is 17.8 Å². The summed E-state index contributed by atoms with van der Waals surface area (Å²) in [5.74, 6) is 0.574. The summed E-state index contributed by atoms with van der Waals surface area (Å²) in [5.41, 5.74) is 1.64. The van der Waals surface area contributed by atoms with E-state index in [1.165, 1.54) is 6.42 Å². The minimum atomic E-state index is -0.400. The number of carbonyl (C=O) groups excluding carboxylic acids is 2. The van der Waals surface area contributed by atoms with Crippen molar-refractivity contribution in [2.24, 2.45) is 13.0 Å². The number of imidazole rings is 1. The highest BCUT2D eigenvalue weighted by Crippen LogP contribution is 2.29. The molecule has 7 heteroatoms. The number of aromatic nitrogens is 2. The molecule has 27 heavy (non-hydrogen) atoms. The molecule has 1 saturated carbocycles. The molecule has 4 rings (SSSR count). The van der Waals surface area contributed by atoms with Crippen LogP contribution in [-0.2, 0) is 16.6 Å². The molecule has 144 valence electrons. The van der Waals surface area contributed by atoms with Gasteiger partial charge in [-0.3, -0.25) is 14.9 Å². The first-order valence-corrected chi connectivity index (χ1v) is 10.2. The third-order valence-corrected chi connectivity index (χ3v) is 6.11. The summed E-state index contributed by atoms with van der Waals surface area (Å²) in [4.78, 5) is 32.1. The first-order valence-electron chi connectivity index (χ1n) is 9.78. The number of carbonyl (C=O) groups is 2. The number of nitrogens with zero attached hydrogens (tertiary/aromatic N) is 3. The Balaban J connectivity index is 1.50. The molecule has 2 aliphatic rings. The van der Waals surface area contributed by atoms with Crippen LogP contribution in [0.5, 0.6) is 0 Å². The second-order valence-corrected chi connectivity index (χ2v) is 8.08. The Labute approximate surface area is 163 Å². The molecule has 2 aromatic rings. The van der Waals surface area contributed by atoms with Gasteiger partial charge in [0.25, 0.3) is 0 Å². The molecule has 1 aromatic heterocycles. The van der Waals surface area contributed by atoms with Crippen molar-refractivity contribution in [3.8, 4) is 0 Å². The van der Waals surface area contributed by atoms with E-state index in [0.717, 1.165) is 43.1 Å². The number of nitrogens with one attached hydrogen (secondary N) is 1. The minimum absolute atomic E-state index is 0.0880. The molecule has 0 radical (unpaired) electrons. The zero-order chi connectivity index (χ0) is 19.0. The minimum Gasteiger partial charge on any atom is -0.330 e. The molecule has 1 saturated heterocycles. The number of aryl methyl sites for hydroxylation is 1. The number of hydrogen-bond donors (Lipinski definition) is 1. The highest BCUT2D eigenvalue weighted by Gasteiger charge is 2.37. The van der Waals surface area contributed by atoms with E-state index in [0.29, 0.717) is 23.9 Å². The van der Waals surface area contributed by atoms with E-state index < -0.39 is 6.04 Å². The van der Waals surface area contributed by atoms with E-state index in [4.69, 9.17) is 11.6 Å². The average Bonchev–Trinajstić information content (AvgIpc) is 3.27. The Morgan fingerprint density at radius 1 is 1.15 bits per heavy atom. The third-order valence-electron chi connectivity index (χ3n) is 5.87. The highest BCUT2D eigenvalue weighted by molar-refractivity contribution is 6.31. The Bertz CT molecular complexity index is 872. The topological polar surface area (TPSA) is 67.2 Å². The van der Waals surface area contributed by atoms with Gasteiger partial charge in [-0.2, -0.15) is 0 Å². The van der Waals surface area contributed by atoms with Gasteiger partial charge in [0.05, 0.1) is 11.0 Å². The van der Waals surface area contributed by atoms with Crippen molar-refractivity contribution >= 4 is 40.4 Å². The Kier molecular flexibility index (Phi) is 5.08. The summed E-state index contributed by atoms with van der Waals surface area (Å²) in [6.07, 6.45) is 6.93. The number of rotatable bonds is 3. The molecule has 1 N–H and O–H groups in total. The Morgan fingerprint density at radius 2 is 1.93 bits per heavy atom. The lowest BCUT2D eigenvalue weighted by Crippen LogP contribution is -2.46. The van der Waals surface area contributed by atoms with Crippen molar-refractivity contribution in [1.82, 2.24) is 14.5 Å². The number of likely N-dealkylation sites (tertiary alicyclic amines) is 1. The number of halogens is 1. The lowest BCUT2D eigenvalue weighted by molar-refractivity contribution is -0.141. The van der Waals surface area contributed by atoms with E-state index in [-0.39, 0.29) is 17.7 Å². The first-order chi connectivity index (χ1) is 13.0. The van der Waals surface area contributed by atoms with Crippen LogP contribution in [0.15, 0.2) is 18.2 Å². The maximum absolute atomic E-state index is 12.9. The van der Waals surface area contributed by atoms with Crippen LogP contribution in [0.25, 0.3) is 11.0 Å². The fourth-order valence-electron chi connectivity index (χ4n) is 4.37. The number of hydrogen-bond acceptors (Lipinski definition) is 3. The monoisotopic (exact) mass is 388 g/mol. The standard InChI is InChI=1S/C20H25ClN4O2/c1-24-16-10-9-14(21)12-15(16)22-20(24)23-18(26)17-8-5-11-25(17)19(27)13-6-3-2-4-7-13/h9-10,12-13,17H,2-8,11H2,1H3,(H,22,23,26). The van der Waals surface area contributed by atoms with Gasteiger partial charge in [-0.05, 0) is 43.9 Å². The van der Waals surface area contributed by atoms with Gasteiger partial charge in [0, 0.05) is 24.5 Å². The van der Waals surface area contributed by atoms with Crippen LogP contribution >= 0.6 is 11.6 Å². The number of benzene rings is 1. The van der Waals surface area contributed by atoms with Crippen LogP contribution in [-0.4, -0.2) is 38.9 Å². The van der Waals surface area contributed by atoms with Gasteiger partial charge >= 0.3 is 0 Å². The van der Waals surface area contributed by atoms with Crippen LogP contribution in [0.3, 0.4) is 0 Å². The van der Waals surface area contributed by atoms with Crippen molar-refractivity contribution in [2.45, 2.75) is 51.0 Å². The molecule has 2 amide bonds. The quantitative estimate of drug-likeness (QED) is 0.870. The van der Waals surface area contributed by atoms with Crippen LogP contribution in [0.4, 0.5) is 5.95 Å². The van der Waals surface area contributed by atoms with Gasteiger partial charge in [-0.1, -0.05) is 30.9 Å². The van der Waals surface area contributed by atoms with E-state index in [2.05, 4.69) is 10.3 Å². The molecular weight excluding hydrogens is 364 g/mol. The van der Waals surface area contributed by atoms with E-state index >= 15 is 0 Å². The van der Waals surface area contributed by atoms with Gasteiger partial charge in [0.1, 0.15) is 6.04 Å².